The Hall–Kier alpha value is 2.82. The van der Waals surface area contributed by atoms with Crippen LogP contribution in [0.1, 0.15) is 0 Å². The van der Waals surface area contributed by atoms with Crippen LogP contribution in [0, 0.1) is 0 Å². The van der Waals surface area contributed by atoms with Gasteiger partial charge in [0.1, 0.15) is 0 Å². The van der Waals surface area contributed by atoms with Crippen molar-refractivity contribution in [1.29, 1.82) is 0 Å². The molecule has 0 heterocycles. The first-order chi connectivity index (χ1) is 0. The Morgan fingerprint density at radius 2 is 1.00 bits per heavy atom. The van der Waals surface area contributed by atoms with Crippen molar-refractivity contribution in [3.8, 4) is 0 Å². The average molecular weight is 375 g/mol. The molecule has 0 saturated heterocycles. The maximum atomic E-state index is 0. The van der Waals surface area contributed by atoms with Gasteiger partial charge in [-0.15, -0.1) is 0 Å². The van der Waals surface area contributed by atoms with Crippen LogP contribution in [-0.4, -0.2) is 0 Å². The summed E-state index contributed by atoms with van der Waals surface area (Å²) in [6.07, 6.45) is 0. The smallest absolute Gasteiger partial charge is 2.00 e. The molecule has 0 saturated carbocycles. The van der Waals surface area contributed by atoms with Gasteiger partial charge in [-0.2, -0.15) is 0 Å². The Bertz CT molecular complexity index is 8.00. The molecule has 0 aromatic rings. The van der Waals surface area contributed by atoms with Gasteiger partial charge >= 0.3 is 84.8 Å². The largest absolute Gasteiger partial charge is 4.00 e. The first-order valence-electron chi connectivity index (χ1n) is 0. The minimum absolute atomic E-state index is 0. The zero-order chi connectivity index (χ0) is 0. The van der Waals surface area contributed by atoms with Crippen LogP contribution in [0.3, 0.4) is 0 Å². The van der Waals surface area contributed by atoms with Gasteiger partial charge in [-0.25, -0.2) is 0 Å². The van der Waals surface area contributed by atoms with Crippen molar-refractivity contribution in [1.82, 2.24) is 0 Å². The van der Waals surface area contributed by atoms with E-state index in [1.54, 1.807) is 0 Å². The average Bonchev–Trinajstić information content (AvgIpc) is 0. The molecule has 0 spiro atoms. The van der Waals surface area contributed by atoms with E-state index >= 15 is 0 Å². The third-order valence-corrected chi connectivity index (χ3v) is 0. The number of hydrogen-bond donors (Lipinski definition) is 0. The Balaban J connectivity index is 0. The monoisotopic (exact) mass is 375 g/mol. The van der Waals surface area contributed by atoms with Crippen molar-refractivity contribution in [3.63, 3.8) is 0 Å². The molecule has 0 aromatic heterocycles. The van der Waals surface area contributed by atoms with E-state index in [2.05, 4.69) is 0 Å². The van der Waals surface area contributed by atoms with E-state index in [0.29, 0.717) is 0 Å². The summed E-state index contributed by atoms with van der Waals surface area (Å²) in [7, 11) is 0. The molecule has 8 valence electrons. The van der Waals surface area contributed by atoms with Gasteiger partial charge < -0.3 is 5.48 Å². The molecule has 1 nitrogen and oxygen atoms in total. The standard InChI is InChI=1S/Hf.O.Y.Zr/q+4;-2;+3;+4. The maximum Gasteiger partial charge on any atom is 4.00 e. The van der Waals surface area contributed by atoms with Gasteiger partial charge in [0.15, 0.2) is 0 Å². The predicted octanol–water partition coefficient (Wildman–Crippen LogP) is -0.126. The van der Waals surface area contributed by atoms with Gasteiger partial charge in [-0.05, 0) is 0 Å². The van der Waals surface area contributed by atoms with E-state index in [1.165, 1.54) is 0 Å². The normalized spacial score (nSPS) is 0. The second-order valence-corrected chi connectivity index (χ2v) is 0. The predicted molar refractivity (Wildman–Crippen MR) is 0.686 cm³/mol. The topological polar surface area (TPSA) is 28.5 Å². The summed E-state index contributed by atoms with van der Waals surface area (Å²) in [5.41, 5.74) is 0. The molecule has 0 aromatic carbocycles. The van der Waals surface area contributed by atoms with Gasteiger partial charge in [0.25, 0.3) is 0 Å². The molecule has 0 bridgehead atoms. The van der Waals surface area contributed by atoms with Gasteiger partial charge in [0.05, 0.1) is 0 Å². The van der Waals surface area contributed by atoms with Gasteiger partial charge in [-0.1, -0.05) is 0 Å². The van der Waals surface area contributed by atoms with Crippen LogP contribution in [-0.2, 0) is 90.2 Å². The molecule has 0 rings (SSSR count). The fourth-order valence-electron chi connectivity index (χ4n) is 0. The summed E-state index contributed by atoms with van der Waals surface area (Å²) >= 11 is 0. The van der Waals surface area contributed by atoms with Crippen LogP contribution >= 0.6 is 0 Å². The quantitative estimate of drug-likeness (QED) is 0.529. The Morgan fingerprint density at radius 1 is 1.00 bits per heavy atom. The van der Waals surface area contributed by atoms with E-state index in [1.807, 2.05) is 0 Å². The van der Waals surface area contributed by atoms with Crippen LogP contribution in [0.25, 0.3) is 0 Å². The van der Waals surface area contributed by atoms with Crippen molar-refractivity contribution in [3.05, 3.63) is 0 Å². The van der Waals surface area contributed by atoms with Crippen molar-refractivity contribution < 1.29 is 90.2 Å². The summed E-state index contributed by atoms with van der Waals surface area (Å²) in [6, 6.07) is 0. The Kier molecular flexibility index (Phi) is 124. The van der Waals surface area contributed by atoms with Gasteiger partial charge in [-0.3, -0.25) is 0 Å². The van der Waals surface area contributed by atoms with E-state index < -0.39 is 0 Å². The third-order valence-electron chi connectivity index (χ3n) is 0. The summed E-state index contributed by atoms with van der Waals surface area (Å²) in [4.78, 5) is 0. The molecule has 0 amide bonds. The fourth-order valence-corrected chi connectivity index (χ4v) is 0. The van der Waals surface area contributed by atoms with E-state index in [9.17, 15) is 0 Å². The summed E-state index contributed by atoms with van der Waals surface area (Å²) in [5.74, 6) is 0. The van der Waals surface area contributed by atoms with Crippen molar-refractivity contribution in [2.24, 2.45) is 0 Å². The Morgan fingerprint density at radius 3 is 1.00 bits per heavy atom. The minimum atomic E-state index is 0. The number of rotatable bonds is 0. The molecule has 0 radical (unpaired) electrons. The molecule has 0 atom stereocenters. The SMILES string of the molecule is [Hf+4].[O-2].[Y+3].[Zr+4]. The van der Waals surface area contributed by atoms with Crippen LogP contribution in [0.2, 0.25) is 0 Å². The summed E-state index contributed by atoms with van der Waals surface area (Å²) in [6.45, 7) is 0. The summed E-state index contributed by atoms with van der Waals surface area (Å²) in [5, 5.41) is 0. The van der Waals surface area contributed by atoms with Crippen molar-refractivity contribution in [2.45, 2.75) is 0 Å². The summed E-state index contributed by atoms with van der Waals surface area (Å²) < 4.78 is 0. The third kappa shape index (κ3) is 8.84. The molecular weight excluding hydrogens is 375 g/mol. The van der Waals surface area contributed by atoms with Crippen LogP contribution < -0.4 is 0 Å². The zero-order valence-electron chi connectivity index (χ0n) is 1.99. The van der Waals surface area contributed by atoms with Crippen LogP contribution in [0.4, 0.5) is 0 Å². The van der Waals surface area contributed by atoms with Crippen LogP contribution in [0.5, 0.6) is 0 Å². The molecule has 0 aliphatic heterocycles. The van der Waals surface area contributed by atoms with Crippen molar-refractivity contribution >= 4 is 0 Å². The molecule has 0 fully saturated rings. The van der Waals surface area contributed by atoms with Gasteiger partial charge in [0, 0.05) is 0 Å². The van der Waals surface area contributed by atoms with E-state index in [-0.39, 0.29) is 90.2 Å². The first-order valence-corrected chi connectivity index (χ1v) is 0. The first kappa shape index (κ1) is 29.1. The van der Waals surface area contributed by atoms with E-state index in [0.717, 1.165) is 0 Å². The van der Waals surface area contributed by atoms with Crippen LogP contribution in [0.15, 0.2) is 0 Å². The molecule has 4 heteroatoms. The minimum Gasteiger partial charge on any atom is -2.00 e. The second kappa shape index (κ2) is 17.0. The second-order valence-electron chi connectivity index (χ2n) is 0. The zero-order valence-corrected chi connectivity index (χ0v) is 10.9. The van der Waals surface area contributed by atoms with Crippen molar-refractivity contribution in [2.75, 3.05) is 0 Å². The Labute approximate surface area is 88.4 Å². The maximum absolute atomic E-state index is 0. The molecular formula is HfOYZr+9. The van der Waals surface area contributed by atoms with Gasteiger partial charge in [0.2, 0.25) is 0 Å². The molecule has 0 aliphatic carbocycles. The van der Waals surface area contributed by atoms with E-state index in [4.69, 9.17) is 0 Å². The fraction of sp³-hybridized carbons (Fsp3) is 0. The molecule has 0 unspecified atom stereocenters. The molecule has 0 N–H and O–H groups in total. The molecule has 0 aliphatic rings. The molecule has 4 heavy (non-hydrogen) atoms. The number of hydrogen-bond acceptors (Lipinski definition) is 0.